The summed E-state index contributed by atoms with van der Waals surface area (Å²) in [5.74, 6) is -0.395. The third-order valence-corrected chi connectivity index (χ3v) is 4.85. The highest BCUT2D eigenvalue weighted by atomic mass is 16.5. The number of aliphatic hydroxyl groups excluding tert-OH is 1. The zero-order chi connectivity index (χ0) is 18.5. The summed E-state index contributed by atoms with van der Waals surface area (Å²) in [7, 11) is 1.34. The van der Waals surface area contributed by atoms with Gasteiger partial charge in [-0.2, -0.15) is 0 Å². The summed E-state index contributed by atoms with van der Waals surface area (Å²) < 4.78 is 6.41. The number of aromatic nitrogens is 1. The number of aliphatic hydroxyl groups is 1. The van der Waals surface area contributed by atoms with Gasteiger partial charge in [0.1, 0.15) is 0 Å². The summed E-state index contributed by atoms with van der Waals surface area (Å²) in [6.07, 6.45) is 3.20. The van der Waals surface area contributed by atoms with E-state index in [1.807, 2.05) is 6.07 Å². The molecule has 0 unspecified atom stereocenters. The van der Waals surface area contributed by atoms with Crippen molar-refractivity contribution in [3.63, 3.8) is 0 Å². The van der Waals surface area contributed by atoms with Crippen LogP contribution in [0, 0.1) is 0 Å². The van der Waals surface area contributed by atoms with Crippen molar-refractivity contribution in [3.8, 4) is 11.1 Å². The summed E-state index contributed by atoms with van der Waals surface area (Å²) >= 11 is 0. The van der Waals surface area contributed by atoms with Gasteiger partial charge in [-0.1, -0.05) is 12.1 Å². The first-order valence-electron chi connectivity index (χ1n) is 8.87. The summed E-state index contributed by atoms with van der Waals surface area (Å²) in [4.78, 5) is 26.6. The van der Waals surface area contributed by atoms with Gasteiger partial charge in [0.2, 0.25) is 0 Å². The Balaban J connectivity index is 1.72. The maximum Gasteiger partial charge on any atom is 0.337 e. The Morgan fingerprint density at radius 1 is 1.15 bits per heavy atom. The highest BCUT2D eigenvalue weighted by molar-refractivity contribution is 5.89. The number of benzene rings is 1. The lowest BCUT2D eigenvalue weighted by atomic mass is 10.1. The van der Waals surface area contributed by atoms with E-state index in [4.69, 9.17) is 4.74 Å². The van der Waals surface area contributed by atoms with E-state index in [1.54, 1.807) is 41.1 Å². The minimum absolute atomic E-state index is 0.0460. The van der Waals surface area contributed by atoms with Gasteiger partial charge < -0.3 is 19.3 Å². The number of esters is 1. The molecule has 1 aliphatic rings. The molecule has 3 rings (SSSR count). The number of carbonyl (C=O) groups is 1. The van der Waals surface area contributed by atoms with Crippen LogP contribution in [0.4, 0.5) is 0 Å². The van der Waals surface area contributed by atoms with Crippen molar-refractivity contribution in [2.75, 3.05) is 26.7 Å². The van der Waals surface area contributed by atoms with Crippen LogP contribution in [0.15, 0.2) is 47.4 Å². The molecule has 0 spiro atoms. The fourth-order valence-corrected chi connectivity index (χ4v) is 3.23. The van der Waals surface area contributed by atoms with Crippen LogP contribution in [-0.2, 0) is 11.3 Å². The Bertz CT molecular complexity index is 805. The zero-order valence-corrected chi connectivity index (χ0v) is 14.9. The van der Waals surface area contributed by atoms with Crippen molar-refractivity contribution in [2.24, 2.45) is 0 Å². The molecule has 1 aromatic carbocycles. The van der Waals surface area contributed by atoms with Crippen LogP contribution in [-0.4, -0.2) is 53.4 Å². The van der Waals surface area contributed by atoms with E-state index in [9.17, 15) is 14.7 Å². The molecule has 0 bridgehead atoms. The minimum Gasteiger partial charge on any atom is -0.465 e. The minimum atomic E-state index is -0.395. The summed E-state index contributed by atoms with van der Waals surface area (Å²) in [5, 5.41) is 9.58. The second-order valence-corrected chi connectivity index (χ2v) is 6.56. The van der Waals surface area contributed by atoms with Crippen molar-refractivity contribution in [1.82, 2.24) is 9.47 Å². The smallest absolute Gasteiger partial charge is 0.337 e. The molecule has 0 amide bonds. The van der Waals surface area contributed by atoms with Gasteiger partial charge in [0.05, 0.1) is 18.8 Å². The number of piperidine rings is 1. The Labute approximate surface area is 152 Å². The molecule has 0 aliphatic carbocycles. The predicted molar refractivity (Wildman–Crippen MR) is 99.2 cm³/mol. The quantitative estimate of drug-likeness (QED) is 0.827. The lowest BCUT2D eigenvalue weighted by Crippen LogP contribution is -2.38. The Hall–Kier alpha value is -2.44. The molecule has 138 valence electrons. The van der Waals surface area contributed by atoms with Crippen molar-refractivity contribution >= 4 is 5.97 Å². The normalized spacial score (nSPS) is 15.8. The maximum atomic E-state index is 12.8. The van der Waals surface area contributed by atoms with Gasteiger partial charge in [-0.15, -0.1) is 0 Å². The average Bonchev–Trinajstić information content (AvgIpc) is 2.68. The molecule has 0 atom stereocenters. The number of methoxy groups -OCH3 is 1. The number of rotatable bonds is 5. The molecule has 1 N–H and O–H groups in total. The van der Waals surface area contributed by atoms with Gasteiger partial charge in [-0.25, -0.2) is 4.79 Å². The number of nitrogens with zero attached hydrogens (tertiary/aromatic N) is 2. The number of carbonyl (C=O) groups excluding carboxylic acids is 1. The van der Waals surface area contributed by atoms with E-state index in [-0.39, 0.29) is 11.7 Å². The SMILES string of the molecule is COC(=O)c1ccc(-c2cccn(CCN3CCC(O)CC3)c2=O)cc1. The summed E-state index contributed by atoms with van der Waals surface area (Å²) in [6, 6.07) is 10.5. The van der Waals surface area contributed by atoms with E-state index < -0.39 is 5.97 Å². The van der Waals surface area contributed by atoms with Gasteiger partial charge in [0, 0.05) is 37.9 Å². The first-order valence-corrected chi connectivity index (χ1v) is 8.87. The van der Waals surface area contributed by atoms with Crippen molar-refractivity contribution in [2.45, 2.75) is 25.5 Å². The molecule has 6 nitrogen and oxygen atoms in total. The number of likely N-dealkylation sites (tertiary alicyclic amines) is 1. The fourth-order valence-electron chi connectivity index (χ4n) is 3.23. The summed E-state index contributed by atoms with van der Waals surface area (Å²) in [6.45, 7) is 3.13. The molecular weight excluding hydrogens is 332 g/mol. The molecule has 0 saturated carbocycles. The standard InChI is InChI=1S/C20H24N2O4/c1-26-20(25)16-6-4-15(5-7-16)18-3-2-10-22(19(18)24)14-13-21-11-8-17(23)9-12-21/h2-7,10,17,23H,8-9,11-14H2,1H3. The molecule has 26 heavy (non-hydrogen) atoms. The number of ether oxygens (including phenoxy) is 1. The first kappa shape index (κ1) is 18.4. The predicted octanol–water partition coefficient (Wildman–Crippen LogP) is 1.76. The molecule has 2 heterocycles. The molecule has 1 saturated heterocycles. The molecule has 1 aliphatic heterocycles. The highest BCUT2D eigenvalue weighted by Crippen LogP contribution is 2.16. The van der Waals surface area contributed by atoms with Crippen molar-refractivity contribution in [1.29, 1.82) is 0 Å². The largest absolute Gasteiger partial charge is 0.465 e. The Morgan fingerprint density at radius 2 is 1.85 bits per heavy atom. The molecule has 1 aromatic heterocycles. The van der Waals surface area contributed by atoms with Crippen LogP contribution in [0.2, 0.25) is 0 Å². The van der Waals surface area contributed by atoms with Crippen molar-refractivity contribution in [3.05, 3.63) is 58.5 Å². The summed E-state index contributed by atoms with van der Waals surface area (Å²) in [5.41, 5.74) is 1.80. The van der Waals surface area contributed by atoms with Crippen LogP contribution in [0.3, 0.4) is 0 Å². The Morgan fingerprint density at radius 3 is 2.50 bits per heavy atom. The van der Waals surface area contributed by atoms with Gasteiger partial charge in [-0.05, 0) is 42.7 Å². The number of hydrogen-bond donors (Lipinski definition) is 1. The van der Waals surface area contributed by atoms with E-state index >= 15 is 0 Å². The van der Waals surface area contributed by atoms with E-state index in [1.165, 1.54) is 7.11 Å². The van der Waals surface area contributed by atoms with Crippen LogP contribution in [0.5, 0.6) is 0 Å². The molecule has 1 fully saturated rings. The van der Waals surface area contributed by atoms with Gasteiger partial charge in [-0.3, -0.25) is 4.79 Å². The van der Waals surface area contributed by atoms with Crippen LogP contribution >= 0.6 is 0 Å². The first-order chi connectivity index (χ1) is 12.6. The average molecular weight is 356 g/mol. The lowest BCUT2D eigenvalue weighted by molar-refractivity contribution is 0.0600. The van der Waals surface area contributed by atoms with Crippen LogP contribution < -0.4 is 5.56 Å². The number of hydrogen-bond acceptors (Lipinski definition) is 5. The zero-order valence-electron chi connectivity index (χ0n) is 14.9. The second kappa shape index (κ2) is 8.29. The van der Waals surface area contributed by atoms with E-state index in [2.05, 4.69) is 4.90 Å². The topological polar surface area (TPSA) is 71.8 Å². The van der Waals surface area contributed by atoms with Crippen molar-refractivity contribution < 1.29 is 14.6 Å². The third kappa shape index (κ3) is 4.20. The molecular formula is C20H24N2O4. The second-order valence-electron chi connectivity index (χ2n) is 6.56. The Kier molecular flexibility index (Phi) is 5.85. The van der Waals surface area contributed by atoms with Crippen LogP contribution in [0.1, 0.15) is 23.2 Å². The van der Waals surface area contributed by atoms with Gasteiger partial charge in [0.25, 0.3) is 5.56 Å². The molecule has 6 heteroatoms. The lowest BCUT2D eigenvalue weighted by Gasteiger charge is -2.29. The van der Waals surface area contributed by atoms with E-state index in [0.29, 0.717) is 17.7 Å². The van der Waals surface area contributed by atoms with Gasteiger partial charge >= 0.3 is 5.97 Å². The molecule has 0 radical (unpaired) electrons. The monoisotopic (exact) mass is 356 g/mol. The number of pyridine rings is 1. The van der Waals surface area contributed by atoms with Gasteiger partial charge in [0.15, 0.2) is 0 Å². The van der Waals surface area contributed by atoms with Crippen LogP contribution in [0.25, 0.3) is 11.1 Å². The highest BCUT2D eigenvalue weighted by Gasteiger charge is 2.17. The maximum absolute atomic E-state index is 12.8. The molecule has 2 aromatic rings. The fraction of sp³-hybridized carbons (Fsp3) is 0.400. The van der Waals surface area contributed by atoms with E-state index in [0.717, 1.165) is 38.0 Å². The third-order valence-electron chi connectivity index (χ3n) is 4.85.